The monoisotopic (exact) mass is 448 g/mol. The van der Waals surface area contributed by atoms with Gasteiger partial charge in [-0.2, -0.15) is 13.2 Å². The van der Waals surface area contributed by atoms with E-state index in [0.717, 1.165) is 17.8 Å². The van der Waals surface area contributed by atoms with Gasteiger partial charge in [-0.25, -0.2) is 24.7 Å². The van der Waals surface area contributed by atoms with Gasteiger partial charge in [-0.3, -0.25) is 0 Å². The van der Waals surface area contributed by atoms with Gasteiger partial charge in [-0.15, -0.1) is 0 Å². The molecule has 0 amide bonds. The fraction of sp³-hybridized carbons (Fsp3) is 0.250. The maximum atomic E-state index is 12.9. The van der Waals surface area contributed by atoms with E-state index in [1.165, 1.54) is 19.5 Å². The third-order valence-electron chi connectivity index (χ3n) is 4.20. The second-order valence-electron chi connectivity index (χ2n) is 6.76. The molecule has 0 saturated carbocycles. The summed E-state index contributed by atoms with van der Waals surface area (Å²) >= 11 is 0. The Hall–Kier alpha value is -3.80. The maximum absolute atomic E-state index is 12.9. The molecule has 1 aromatic carbocycles. The molecule has 0 radical (unpaired) electrons. The van der Waals surface area contributed by atoms with Crippen molar-refractivity contribution in [1.82, 2.24) is 19.9 Å². The first-order valence-corrected chi connectivity index (χ1v) is 9.25. The van der Waals surface area contributed by atoms with E-state index in [9.17, 15) is 18.0 Å². The van der Waals surface area contributed by atoms with Gasteiger partial charge >= 0.3 is 12.1 Å². The van der Waals surface area contributed by atoms with Crippen LogP contribution in [0.25, 0.3) is 11.1 Å². The van der Waals surface area contributed by atoms with Gasteiger partial charge in [0.2, 0.25) is 11.9 Å². The highest BCUT2D eigenvalue weighted by molar-refractivity contribution is 5.77. The van der Waals surface area contributed by atoms with Crippen LogP contribution in [0.1, 0.15) is 11.3 Å². The number of benzene rings is 1. The quantitative estimate of drug-likeness (QED) is 0.475. The van der Waals surface area contributed by atoms with Crippen molar-refractivity contribution < 1.29 is 27.8 Å². The number of methoxy groups -OCH3 is 1. The number of hydrogen-bond donors (Lipinski definition) is 3. The smallest absolute Gasteiger partial charge is 0.433 e. The number of aromatic nitrogens is 4. The van der Waals surface area contributed by atoms with E-state index in [-0.39, 0.29) is 18.5 Å². The van der Waals surface area contributed by atoms with Crippen LogP contribution in [-0.4, -0.2) is 50.8 Å². The fourth-order valence-electron chi connectivity index (χ4n) is 2.78. The molecule has 3 rings (SSSR count). The van der Waals surface area contributed by atoms with Gasteiger partial charge in [-0.1, -0.05) is 6.07 Å². The molecule has 0 bridgehead atoms. The Morgan fingerprint density at radius 3 is 2.47 bits per heavy atom. The van der Waals surface area contributed by atoms with Crippen molar-refractivity contribution in [2.45, 2.75) is 19.1 Å². The summed E-state index contributed by atoms with van der Waals surface area (Å²) in [4.78, 5) is 26.8. The molecule has 2 heterocycles. The predicted molar refractivity (Wildman–Crippen MR) is 109 cm³/mol. The lowest BCUT2D eigenvalue weighted by molar-refractivity contribution is -0.141. The molecule has 2 aromatic heterocycles. The Balaban J connectivity index is 1.81. The number of carboxylic acids is 1. The van der Waals surface area contributed by atoms with Crippen LogP contribution < -0.4 is 10.6 Å². The molecule has 3 aromatic rings. The number of aryl methyl sites for hydroxylation is 1. The van der Waals surface area contributed by atoms with E-state index >= 15 is 0 Å². The predicted octanol–water partition coefficient (Wildman–Crippen LogP) is 3.52. The average Bonchev–Trinajstić information content (AvgIpc) is 2.73. The molecule has 0 aliphatic heterocycles. The van der Waals surface area contributed by atoms with Gasteiger partial charge in [-0.05, 0) is 36.2 Å². The Morgan fingerprint density at radius 1 is 1.12 bits per heavy atom. The van der Waals surface area contributed by atoms with Crippen molar-refractivity contribution in [3.63, 3.8) is 0 Å². The van der Waals surface area contributed by atoms with E-state index in [1.807, 2.05) is 13.0 Å². The van der Waals surface area contributed by atoms with Crippen LogP contribution in [0.5, 0.6) is 0 Å². The Kier molecular flexibility index (Phi) is 6.83. The topological polar surface area (TPSA) is 122 Å². The Morgan fingerprint density at radius 2 is 1.84 bits per heavy atom. The van der Waals surface area contributed by atoms with Crippen LogP contribution in [0, 0.1) is 6.92 Å². The first kappa shape index (κ1) is 22.9. The number of nitrogens with zero attached hydrogens (tertiary/aromatic N) is 4. The second kappa shape index (κ2) is 9.56. The second-order valence-corrected chi connectivity index (χ2v) is 6.76. The molecule has 1 atom stereocenters. The standard InChI is InChI=1S/C20H19F3N6O3/c1-11-5-12(13-8-25-18(26-9-13)28-15(10-32-2)17(30)31)7-14(6-11)27-19-24-4-3-16(29-19)20(21,22)23/h3-9,15H,10H2,1-2H3,(H,30,31)(H,24,27,29)(H,25,26,28)/t15-/m0/s1. The number of halogens is 3. The van der Waals surface area contributed by atoms with E-state index in [1.54, 1.807) is 12.1 Å². The number of hydrogen-bond acceptors (Lipinski definition) is 8. The van der Waals surface area contributed by atoms with Crippen LogP contribution in [0.15, 0.2) is 42.9 Å². The zero-order chi connectivity index (χ0) is 23.3. The minimum atomic E-state index is -4.58. The summed E-state index contributed by atoms with van der Waals surface area (Å²) in [5.41, 5.74) is 1.56. The highest BCUT2D eigenvalue weighted by atomic mass is 19.4. The molecule has 168 valence electrons. The molecular weight excluding hydrogens is 429 g/mol. The van der Waals surface area contributed by atoms with Crippen molar-refractivity contribution in [3.05, 3.63) is 54.1 Å². The Labute approximate surface area is 180 Å². The molecule has 3 N–H and O–H groups in total. The van der Waals surface area contributed by atoms with E-state index in [0.29, 0.717) is 16.8 Å². The molecule has 0 aliphatic carbocycles. The number of nitrogens with one attached hydrogen (secondary N) is 2. The molecule has 0 saturated heterocycles. The highest BCUT2D eigenvalue weighted by Gasteiger charge is 2.32. The fourth-order valence-corrected chi connectivity index (χ4v) is 2.78. The number of alkyl halides is 3. The van der Waals surface area contributed by atoms with Crippen molar-refractivity contribution in [1.29, 1.82) is 0 Å². The summed E-state index contributed by atoms with van der Waals surface area (Å²) in [6.45, 7) is 1.76. The van der Waals surface area contributed by atoms with Gasteiger partial charge in [0.25, 0.3) is 0 Å². The minimum Gasteiger partial charge on any atom is -0.480 e. The summed E-state index contributed by atoms with van der Waals surface area (Å²) in [5.74, 6) is -1.18. The highest BCUT2D eigenvalue weighted by Crippen LogP contribution is 2.29. The minimum absolute atomic E-state index is 0.0645. The molecule has 0 unspecified atom stereocenters. The van der Waals surface area contributed by atoms with Gasteiger partial charge in [0, 0.05) is 37.0 Å². The van der Waals surface area contributed by atoms with E-state index in [2.05, 4.69) is 30.6 Å². The normalized spacial score (nSPS) is 12.3. The largest absolute Gasteiger partial charge is 0.480 e. The maximum Gasteiger partial charge on any atom is 0.433 e. The molecule has 12 heteroatoms. The van der Waals surface area contributed by atoms with Crippen molar-refractivity contribution >= 4 is 23.6 Å². The summed E-state index contributed by atoms with van der Waals surface area (Å²) in [6.07, 6.45) is -0.545. The molecule has 9 nitrogen and oxygen atoms in total. The van der Waals surface area contributed by atoms with Crippen molar-refractivity contribution in [3.8, 4) is 11.1 Å². The van der Waals surface area contributed by atoms with Gasteiger partial charge in [0.1, 0.15) is 5.69 Å². The van der Waals surface area contributed by atoms with Gasteiger partial charge in [0.05, 0.1) is 6.61 Å². The van der Waals surface area contributed by atoms with Crippen LogP contribution in [-0.2, 0) is 15.7 Å². The summed E-state index contributed by atoms with van der Waals surface area (Å²) < 4.78 is 43.5. The third kappa shape index (κ3) is 5.88. The molecule has 0 fully saturated rings. The van der Waals surface area contributed by atoms with Crippen LogP contribution in [0.3, 0.4) is 0 Å². The van der Waals surface area contributed by atoms with Crippen molar-refractivity contribution in [2.24, 2.45) is 0 Å². The molecule has 0 aliphatic rings. The van der Waals surface area contributed by atoms with Gasteiger partial charge in [0.15, 0.2) is 6.04 Å². The summed E-state index contributed by atoms with van der Waals surface area (Å²) in [5, 5.41) is 14.6. The van der Waals surface area contributed by atoms with Gasteiger partial charge < -0.3 is 20.5 Å². The zero-order valence-electron chi connectivity index (χ0n) is 17.0. The zero-order valence-corrected chi connectivity index (χ0v) is 17.0. The number of ether oxygens (including phenoxy) is 1. The first-order chi connectivity index (χ1) is 15.2. The Bertz CT molecular complexity index is 1090. The lowest BCUT2D eigenvalue weighted by atomic mass is 10.1. The summed E-state index contributed by atoms with van der Waals surface area (Å²) in [6, 6.07) is 5.04. The SMILES string of the molecule is COC[C@H](Nc1ncc(-c2cc(C)cc(Nc3nccc(C(F)(F)F)n3)c2)cn1)C(=O)O. The molecule has 0 spiro atoms. The average molecular weight is 448 g/mol. The lowest BCUT2D eigenvalue weighted by Crippen LogP contribution is -2.34. The number of aliphatic carboxylic acids is 1. The van der Waals surface area contributed by atoms with Crippen LogP contribution >= 0.6 is 0 Å². The molecule has 32 heavy (non-hydrogen) atoms. The van der Waals surface area contributed by atoms with Crippen molar-refractivity contribution in [2.75, 3.05) is 24.4 Å². The third-order valence-corrected chi connectivity index (χ3v) is 4.20. The first-order valence-electron chi connectivity index (χ1n) is 9.25. The van der Waals surface area contributed by atoms with E-state index < -0.39 is 23.9 Å². The lowest BCUT2D eigenvalue weighted by Gasteiger charge is -2.14. The van der Waals surface area contributed by atoms with Crippen LogP contribution in [0.4, 0.5) is 30.8 Å². The van der Waals surface area contributed by atoms with E-state index in [4.69, 9.17) is 9.84 Å². The number of carbonyl (C=O) groups is 1. The van der Waals surface area contributed by atoms with Crippen LogP contribution in [0.2, 0.25) is 0 Å². The number of rotatable bonds is 8. The summed E-state index contributed by atoms with van der Waals surface area (Å²) in [7, 11) is 1.38. The molecular formula is C20H19F3N6O3. The number of anilines is 3. The number of carboxylic acid groups (broad SMARTS) is 1.